The third kappa shape index (κ3) is 4.61. The summed E-state index contributed by atoms with van der Waals surface area (Å²) in [4.78, 5) is 13.0. The molecule has 1 unspecified atom stereocenters. The van der Waals surface area contributed by atoms with Gasteiger partial charge in [0.1, 0.15) is 0 Å². The average Bonchev–Trinajstić information content (AvgIpc) is 2.79. The summed E-state index contributed by atoms with van der Waals surface area (Å²) < 4.78 is 27.7. The zero-order valence-electron chi connectivity index (χ0n) is 17.0. The van der Waals surface area contributed by atoms with E-state index in [0.29, 0.717) is 24.1 Å². The molecule has 1 amide bonds. The van der Waals surface area contributed by atoms with E-state index in [0.717, 1.165) is 17.2 Å². The van der Waals surface area contributed by atoms with Crippen LogP contribution in [0, 0.1) is 11.3 Å². The molecule has 1 aliphatic rings. The van der Waals surface area contributed by atoms with Crippen molar-refractivity contribution in [2.75, 3.05) is 13.1 Å². The number of benzene rings is 3. The molecule has 0 bridgehead atoms. The second kappa shape index (κ2) is 8.88. The van der Waals surface area contributed by atoms with Crippen molar-refractivity contribution in [1.29, 1.82) is 5.26 Å². The van der Waals surface area contributed by atoms with E-state index in [1.807, 2.05) is 42.5 Å². The Hall–Kier alpha value is -3.21. The van der Waals surface area contributed by atoms with E-state index in [2.05, 4.69) is 5.32 Å². The van der Waals surface area contributed by atoms with E-state index < -0.39 is 10.0 Å². The van der Waals surface area contributed by atoms with E-state index in [1.165, 1.54) is 4.31 Å². The van der Waals surface area contributed by atoms with Gasteiger partial charge in [-0.25, -0.2) is 8.42 Å². The number of amides is 1. The molecule has 7 heteroatoms. The second-order valence-electron chi connectivity index (χ2n) is 7.72. The number of sulfonamides is 1. The summed E-state index contributed by atoms with van der Waals surface area (Å²) in [5.74, 6) is -0.203. The first kappa shape index (κ1) is 21.0. The van der Waals surface area contributed by atoms with Crippen molar-refractivity contribution >= 4 is 26.7 Å². The highest BCUT2D eigenvalue weighted by Crippen LogP contribution is 2.22. The van der Waals surface area contributed by atoms with E-state index >= 15 is 0 Å². The first-order valence-electron chi connectivity index (χ1n) is 10.2. The van der Waals surface area contributed by atoms with Crippen LogP contribution < -0.4 is 5.32 Å². The van der Waals surface area contributed by atoms with Gasteiger partial charge in [0.2, 0.25) is 10.0 Å². The Balaban J connectivity index is 1.48. The Morgan fingerprint density at radius 1 is 1.06 bits per heavy atom. The van der Waals surface area contributed by atoms with Gasteiger partial charge in [0.15, 0.2) is 0 Å². The van der Waals surface area contributed by atoms with Crippen LogP contribution in [0.3, 0.4) is 0 Å². The van der Waals surface area contributed by atoms with Crippen LogP contribution in [0.4, 0.5) is 0 Å². The monoisotopic (exact) mass is 433 g/mol. The van der Waals surface area contributed by atoms with Crippen molar-refractivity contribution in [3.8, 4) is 6.07 Å². The summed E-state index contributed by atoms with van der Waals surface area (Å²) >= 11 is 0. The molecule has 1 aliphatic heterocycles. The minimum Gasteiger partial charge on any atom is -0.348 e. The van der Waals surface area contributed by atoms with Crippen LogP contribution in [0.2, 0.25) is 0 Å². The maximum absolute atomic E-state index is 13.1. The van der Waals surface area contributed by atoms with Crippen LogP contribution in [0.5, 0.6) is 0 Å². The molecule has 0 saturated carbocycles. The lowest BCUT2D eigenvalue weighted by molar-refractivity contribution is 0.0921. The van der Waals surface area contributed by atoms with Gasteiger partial charge in [-0.15, -0.1) is 0 Å². The molecule has 1 fully saturated rings. The molecule has 0 aliphatic carbocycles. The topological polar surface area (TPSA) is 90.3 Å². The Labute approximate surface area is 182 Å². The zero-order chi connectivity index (χ0) is 21.8. The van der Waals surface area contributed by atoms with Gasteiger partial charge >= 0.3 is 0 Å². The number of rotatable bonds is 5. The van der Waals surface area contributed by atoms with Crippen molar-refractivity contribution < 1.29 is 13.2 Å². The zero-order valence-corrected chi connectivity index (χ0v) is 17.8. The van der Waals surface area contributed by atoms with E-state index in [1.54, 1.807) is 30.3 Å². The van der Waals surface area contributed by atoms with Crippen molar-refractivity contribution in [2.45, 2.75) is 30.2 Å². The van der Waals surface area contributed by atoms with Gasteiger partial charge < -0.3 is 5.32 Å². The van der Waals surface area contributed by atoms with Crippen LogP contribution in [0.25, 0.3) is 10.8 Å². The van der Waals surface area contributed by atoms with E-state index in [4.69, 9.17) is 5.26 Å². The molecule has 1 saturated heterocycles. The Morgan fingerprint density at radius 2 is 1.87 bits per heavy atom. The lowest BCUT2D eigenvalue weighted by atomic mass is 10.0. The van der Waals surface area contributed by atoms with Gasteiger partial charge in [0, 0.05) is 24.7 Å². The number of fused-ring (bicyclic) bond motifs is 1. The maximum Gasteiger partial charge on any atom is 0.251 e. The van der Waals surface area contributed by atoms with Gasteiger partial charge in [-0.2, -0.15) is 9.57 Å². The molecule has 4 rings (SSSR count). The third-order valence-corrected chi connectivity index (χ3v) is 7.41. The minimum atomic E-state index is -3.69. The molecule has 1 heterocycles. The molecule has 6 nitrogen and oxygen atoms in total. The first-order chi connectivity index (χ1) is 15.0. The maximum atomic E-state index is 13.1. The van der Waals surface area contributed by atoms with Crippen molar-refractivity contribution in [3.05, 3.63) is 77.9 Å². The highest BCUT2D eigenvalue weighted by molar-refractivity contribution is 7.89. The summed E-state index contributed by atoms with van der Waals surface area (Å²) in [7, 11) is -3.69. The fraction of sp³-hybridized carbons (Fsp3) is 0.250. The highest BCUT2D eigenvalue weighted by atomic mass is 32.2. The standard InChI is InChI=1S/C24H23N3O3S/c25-13-12-18-5-3-9-23(15-18)31(29,30)27-14-4-8-22(17-27)26-24(28)21-11-10-19-6-1-2-7-20(19)16-21/h1-3,5-7,9-11,15-16,22H,4,8,12,14,17H2,(H,26,28). The fourth-order valence-electron chi connectivity index (χ4n) is 3.93. The number of hydrogen-bond donors (Lipinski definition) is 1. The van der Waals surface area contributed by atoms with Crippen LogP contribution in [0.1, 0.15) is 28.8 Å². The molecule has 0 radical (unpaired) electrons. The van der Waals surface area contributed by atoms with Gasteiger partial charge in [-0.05, 0) is 53.4 Å². The van der Waals surface area contributed by atoms with Crippen LogP contribution in [-0.2, 0) is 16.4 Å². The Kier molecular flexibility index (Phi) is 6.03. The molecule has 3 aromatic carbocycles. The van der Waals surface area contributed by atoms with Crippen molar-refractivity contribution in [3.63, 3.8) is 0 Å². The number of carbonyl (C=O) groups excluding carboxylic acids is 1. The van der Waals surface area contributed by atoms with E-state index in [9.17, 15) is 13.2 Å². The number of nitrogens with zero attached hydrogens (tertiary/aromatic N) is 2. The SMILES string of the molecule is N#CCc1cccc(S(=O)(=O)N2CCCC(NC(=O)c3ccc4ccccc4c3)C2)c1. The molecule has 31 heavy (non-hydrogen) atoms. The largest absolute Gasteiger partial charge is 0.348 e. The summed E-state index contributed by atoms with van der Waals surface area (Å²) in [6, 6.07) is 21.7. The number of piperidine rings is 1. The van der Waals surface area contributed by atoms with Crippen LogP contribution in [-0.4, -0.2) is 37.8 Å². The summed E-state index contributed by atoms with van der Waals surface area (Å²) in [5, 5.41) is 13.9. The molecule has 0 spiro atoms. The molecule has 1 atom stereocenters. The average molecular weight is 434 g/mol. The minimum absolute atomic E-state index is 0.161. The Bertz CT molecular complexity index is 1260. The summed E-state index contributed by atoms with van der Waals surface area (Å²) in [6.07, 6.45) is 1.55. The first-order valence-corrected chi connectivity index (χ1v) is 11.7. The number of nitrogens with one attached hydrogen (secondary N) is 1. The van der Waals surface area contributed by atoms with Gasteiger partial charge in [-0.1, -0.05) is 42.5 Å². The van der Waals surface area contributed by atoms with Crippen molar-refractivity contribution in [1.82, 2.24) is 9.62 Å². The molecule has 3 aromatic rings. The normalized spacial score (nSPS) is 17.2. The van der Waals surface area contributed by atoms with Gasteiger partial charge in [0.25, 0.3) is 5.91 Å². The quantitative estimate of drug-likeness (QED) is 0.667. The predicted molar refractivity (Wildman–Crippen MR) is 119 cm³/mol. The number of hydrogen-bond acceptors (Lipinski definition) is 4. The summed E-state index contributed by atoms with van der Waals surface area (Å²) in [5.41, 5.74) is 1.23. The van der Waals surface area contributed by atoms with Crippen molar-refractivity contribution in [2.24, 2.45) is 0 Å². The Morgan fingerprint density at radius 3 is 2.68 bits per heavy atom. The summed E-state index contributed by atoms with van der Waals surface area (Å²) in [6.45, 7) is 0.636. The predicted octanol–water partition coefficient (Wildman–Crippen LogP) is 3.49. The second-order valence-corrected chi connectivity index (χ2v) is 9.66. The molecular formula is C24H23N3O3S. The molecule has 0 aromatic heterocycles. The molecular weight excluding hydrogens is 410 g/mol. The number of nitriles is 1. The third-order valence-electron chi connectivity index (χ3n) is 5.55. The van der Waals surface area contributed by atoms with Gasteiger partial charge in [0.05, 0.1) is 17.4 Å². The van der Waals surface area contributed by atoms with Crippen LogP contribution in [0.15, 0.2) is 71.6 Å². The van der Waals surface area contributed by atoms with E-state index in [-0.39, 0.29) is 29.8 Å². The lowest BCUT2D eigenvalue weighted by Crippen LogP contribution is -2.49. The number of carbonyl (C=O) groups is 1. The molecule has 1 N–H and O–H groups in total. The highest BCUT2D eigenvalue weighted by Gasteiger charge is 2.31. The van der Waals surface area contributed by atoms with Gasteiger partial charge in [-0.3, -0.25) is 4.79 Å². The fourth-order valence-corrected chi connectivity index (χ4v) is 5.53. The molecule has 158 valence electrons. The lowest BCUT2D eigenvalue weighted by Gasteiger charge is -2.32. The van der Waals surface area contributed by atoms with Crippen LogP contribution >= 0.6 is 0 Å². The smallest absolute Gasteiger partial charge is 0.251 e.